The molecular weight excluding hydrogens is 295 g/mol. The zero-order valence-electron chi connectivity index (χ0n) is 9.43. The summed E-state index contributed by atoms with van der Waals surface area (Å²) >= 11 is 18.1. The number of hydrogen-bond donors (Lipinski definition) is 1. The summed E-state index contributed by atoms with van der Waals surface area (Å²) in [5, 5.41) is 1.58. The second kappa shape index (κ2) is 4.92. The molecule has 0 saturated heterocycles. The zero-order valence-corrected chi connectivity index (χ0v) is 11.7. The van der Waals surface area contributed by atoms with Crippen molar-refractivity contribution >= 4 is 51.6 Å². The summed E-state index contributed by atoms with van der Waals surface area (Å²) in [5.74, 6) is -0.600. The maximum absolute atomic E-state index is 11.4. The van der Waals surface area contributed by atoms with Gasteiger partial charge in [0.1, 0.15) is 0 Å². The molecule has 3 nitrogen and oxygen atoms in total. The summed E-state index contributed by atoms with van der Waals surface area (Å²) in [6.45, 7) is 1.87. The lowest BCUT2D eigenvalue weighted by Gasteiger charge is -2.10. The lowest BCUT2D eigenvalue weighted by molar-refractivity contribution is 0.0999. The summed E-state index contributed by atoms with van der Waals surface area (Å²) in [7, 11) is 0. The van der Waals surface area contributed by atoms with Crippen LogP contribution in [0.15, 0.2) is 12.1 Å². The average Bonchev–Trinajstić information content (AvgIpc) is 2.30. The topological polar surface area (TPSA) is 56.0 Å². The van der Waals surface area contributed by atoms with Crippen molar-refractivity contribution in [1.29, 1.82) is 0 Å². The molecule has 1 amide bonds. The Balaban J connectivity index is 2.91. The number of nitrogens with zero attached hydrogens (tertiary/aromatic N) is 1. The van der Waals surface area contributed by atoms with E-state index in [1.807, 2.05) is 6.92 Å². The van der Waals surface area contributed by atoms with Gasteiger partial charge in [-0.25, -0.2) is 0 Å². The second-order valence-electron chi connectivity index (χ2n) is 3.75. The highest BCUT2D eigenvalue weighted by Crippen LogP contribution is 2.33. The van der Waals surface area contributed by atoms with E-state index in [-0.39, 0.29) is 10.6 Å². The Morgan fingerprint density at radius 1 is 1.28 bits per heavy atom. The van der Waals surface area contributed by atoms with E-state index in [4.69, 9.17) is 40.5 Å². The van der Waals surface area contributed by atoms with Gasteiger partial charge in [0.25, 0.3) is 5.91 Å². The lowest BCUT2D eigenvalue weighted by atomic mass is 10.1. The molecule has 0 aliphatic rings. The van der Waals surface area contributed by atoms with Gasteiger partial charge in [0, 0.05) is 5.39 Å². The smallest absolute Gasteiger partial charge is 0.252 e. The number of aromatic nitrogens is 1. The Bertz CT molecular complexity index is 656. The van der Waals surface area contributed by atoms with Crippen LogP contribution >= 0.6 is 34.8 Å². The predicted octanol–water partition coefficient (Wildman–Crippen LogP) is 3.86. The van der Waals surface area contributed by atoms with Crippen LogP contribution in [0.2, 0.25) is 15.1 Å². The van der Waals surface area contributed by atoms with Crippen LogP contribution in [-0.4, -0.2) is 10.9 Å². The predicted molar refractivity (Wildman–Crippen MR) is 74.7 cm³/mol. The normalized spacial score (nSPS) is 10.9. The number of primary amides is 1. The van der Waals surface area contributed by atoms with Crippen molar-refractivity contribution in [2.75, 3.05) is 0 Å². The van der Waals surface area contributed by atoms with Crippen molar-refractivity contribution in [3.8, 4) is 0 Å². The molecule has 1 aromatic heterocycles. The number of nitrogens with two attached hydrogens (primary N) is 1. The molecule has 18 heavy (non-hydrogen) atoms. The molecule has 0 fully saturated rings. The van der Waals surface area contributed by atoms with Crippen LogP contribution in [0.3, 0.4) is 0 Å². The van der Waals surface area contributed by atoms with E-state index in [9.17, 15) is 4.79 Å². The third kappa shape index (κ3) is 2.14. The molecule has 0 unspecified atom stereocenters. The Morgan fingerprint density at radius 2 is 1.89 bits per heavy atom. The maximum atomic E-state index is 11.4. The highest BCUT2D eigenvalue weighted by Gasteiger charge is 2.17. The Kier molecular flexibility index (Phi) is 3.66. The van der Waals surface area contributed by atoms with Gasteiger partial charge < -0.3 is 5.73 Å². The van der Waals surface area contributed by atoms with E-state index in [2.05, 4.69) is 4.98 Å². The molecule has 1 heterocycles. The quantitative estimate of drug-likeness (QED) is 0.916. The van der Waals surface area contributed by atoms with Crippen LogP contribution < -0.4 is 5.73 Å². The molecule has 0 aliphatic heterocycles. The molecule has 6 heteroatoms. The molecule has 0 bridgehead atoms. The number of benzene rings is 1. The number of carbonyl (C=O) groups is 1. The second-order valence-corrected chi connectivity index (χ2v) is 4.94. The van der Waals surface area contributed by atoms with E-state index in [1.165, 1.54) is 0 Å². The first-order valence-corrected chi connectivity index (χ1v) is 6.36. The summed E-state index contributed by atoms with van der Waals surface area (Å²) in [6.07, 6.45) is 0.550. The van der Waals surface area contributed by atoms with Gasteiger partial charge in [-0.2, -0.15) is 0 Å². The fourth-order valence-corrected chi connectivity index (χ4v) is 2.45. The monoisotopic (exact) mass is 302 g/mol. The lowest BCUT2D eigenvalue weighted by Crippen LogP contribution is -2.15. The van der Waals surface area contributed by atoms with Gasteiger partial charge in [0.05, 0.1) is 31.8 Å². The van der Waals surface area contributed by atoms with Crippen molar-refractivity contribution in [3.63, 3.8) is 0 Å². The van der Waals surface area contributed by atoms with Crippen LogP contribution in [0.25, 0.3) is 10.9 Å². The van der Waals surface area contributed by atoms with Crippen molar-refractivity contribution < 1.29 is 4.79 Å². The molecule has 0 saturated carbocycles. The van der Waals surface area contributed by atoms with Crippen molar-refractivity contribution in [2.24, 2.45) is 5.73 Å². The molecular formula is C12H9Cl3N2O. The number of aryl methyl sites for hydroxylation is 1. The Labute approximate surface area is 119 Å². The summed E-state index contributed by atoms with van der Waals surface area (Å²) < 4.78 is 0. The minimum absolute atomic E-state index is 0.241. The molecule has 1 aromatic carbocycles. The highest BCUT2D eigenvalue weighted by molar-refractivity contribution is 6.44. The average molecular weight is 304 g/mol. The van der Waals surface area contributed by atoms with Crippen molar-refractivity contribution in [3.05, 3.63) is 38.5 Å². The number of hydrogen-bond acceptors (Lipinski definition) is 2. The molecule has 0 spiro atoms. The first-order valence-electron chi connectivity index (χ1n) is 5.22. The summed E-state index contributed by atoms with van der Waals surface area (Å²) in [5.41, 5.74) is 6.72. The first kappa shape index (κ1) is 13.4. The van der Waals surface area contributed by atoms with Crippen LogP contribution in [0.4, 0.5) is 0 Å². The minimum Gasteiger partial charge on any atom is -0.365 e. The van der Waals surface area contributed by atoms with E-state index in [1.54, 1.807) is 12.1 Å². The molecule has 0 radical (unpaired) electrons. The van der Waals surface area contributed by atoms with E-state index >= 15 is 0 Å². The molecule has 94 valence electrons. The third-order valence-electron chi connectivity index (χ3n) is 2.62. The SMILES string of the molecule is CCc1nc2cc(Cl)c(Cl)cc2c(Cl)c1C(N)=O. The number of halogens is 3. The molecule has 0 aliphatic carbocycles. The number of fused-ring (bicyclic) bond motifs is 1. The van der Waals surface area contributed by atoms with Crippen LogP contribution in [0.1, 0.15) is 23.0 Å². The largest absolute Gasteiger partial charge is 0.365 e. The van der Waals surface area contributed by atoms with E-state index in [0.29, 0.717) is 33.1 Å². The summed E-state index contributed by atoms with van der Waals surface area (Å²) in [4.78, 5) is 15.8. The zero-order chi connectivity index (χ0) is 13.4. The Morgan fingerprint density at radius 3 is 2.44 bits per heavy atom. The Hall–Kier alpha value is -1.03. The van der Waals surface area contributed by atoms with Crippen LogP contribution in [-0.2, 0) is 6.42 Å². The molecule has 0 atom stereocenters. The summed E-state index contributed by atoms with van der Waals surface area (Å²) in [6, 6.07) is 3.20. The van der Waals surface area contributed by atoms with Crippen LogP contribution in [0.5, 0.6) is 0 Å². The molecule has 2 N–H and O–H groups in total. The van der Waals surface area contributed by atoms with Crippen molar-refractivity contribution in [1.82, 2.24) is 4.98 Å². The van der Waals surface area contributed by atoms with Gasteiger partial charge >= 0.3 is 0 Å². The number of rotatable bonds is 2. The van der Waals surface area contributed by atoms with Gasteiger partial charge in [-0.1, -0.05) is 41.7 Å². The van der Waals surface area contributed by atoms with Gasteiger partial charge in [-0.05, 0) is 18.6 Å². The van der Waals surface area contributed by atoms with Gasteiger partial charge in [-0.15, -0.1) is 0 Å². The van der Waals surface area contributed by atoms with Gasteiger partial charge in [0.2, 0.25) is 0 Å². The maximum Gasteiger partial charge on any atom is 0.252 e. The highest BCUT2D eigenvalue weighted by atomic mass is 35.5. The van der Waals surface area contributed by atoms with Crippen LogP contribution in [0, 0.1) is 0 Å². The first-order chi connectivity index (χ1) is 8.45. The third-order valence-corrected chi connectivity index (χ3v) is 3.73. The molecule has 2 rings (SSSR count). The number of pyridine rings is 1. The van der Waals surface area contributed by atoms with Crippen molar-refractivity contribution in [2.45, 2.75) is 13.3 Å². The number of carbonyl (C=O) groups excluding carboxylic acids is 1. The van der Waals surface area contributed by atoms with Gasteiger partial charge in [-0.3, -0.25) is 9.78 Å². The van der Waals surface area contributed by atoms with E-state index < -0.39 is 5.91 Å². The number of amides is 1. The van der Waals surface area contributed by atoms with Gasteiger partial charge in [0.15, 0.2) is 0 Å². The fraction of sp³-hybridized carbons (Fsp3) is 0.167. The standard InChI is InChI=1S/C12H9Cl3N2O/c1-2-8-10(12(16)18)11(15)5-3-6(13)7(14)4-9(5)17-8/h3-4H,2H2,1H3,(H2,16,18). The fourth-order valence-electron chi connectivity index (χ4n) is 1.77. The van der Waals surface area contributed by atoms with E-state index in [0.717, 1.165) is 0 Å². The molecule has 2 aromatic rings. The minimum atomic E-state index is -0.600.